The second kappa shape index (κ2) is 7.51. The number of hydrogen-bond acceptors (Lipinski definition) is 4. The number of amides is 2. The fourth-order valence-corrected chi connectivity index (χ4v) is 3.88. The van der Waals surface area contributed by atoms with Crippen molar-refractivity contribution in [2.24, 2.45) is 11.8 Å². The van der Waals surface area contributed by atoms with Crippen LogP contribution in [0, 0.1) is 11.8 Å². The van der Waals surface area contributed by atoms with Gasteiger partial charge in [-0.1, -0.05) is 6.92 Å². The molecule has 2 fully saturated rings. The van der Waals surface area contributed by atoms with Crippen molar-refractivity contribution >= 4 is 12.0 Å². The summed E-state index contributed by atoms with van der Waals surface area (Å²) in [6.07, 6.45) is 2.18. The number of ether oxygens (including phenoxy) is 2. The van der Waals surface area contributed by atoms with Gasteiger partial charge in [0, 0.05) is 12.6 Å². The summed E-state index contributed by atoms with van der Waals surface area (Å²) in [5.41, 5.74) is 0. The van der Waals surface area contributed by atoms with E-state index in [1.54, 1.807) is 0 Å². The van der Waals surface area contributed by atoms with E-state index in [1.165, 1.54) is 7.11 Å². The Morgan fingerprint density at radius 1 is 1.17 bits per heavy atom. The Morgan fingerprint density at radius 3 is 2.26 bits per heavy atom. The monoisotopic (exact) mass is 326 g/mol. The molecule has 0 saturated carbocycles. The number of alkyl carbamates (subject to hydrolysis) is 1. The van der Waals surface area contributed by atoms with Gasteiger partial charge in [-0.25, -0.2) is 4.79 Å². The number of likely N-dealkylation sites (tertiary alicyclic amines) is 1. The van der Waals surface area contributed by atoms with Crippen LogP contribution in [-0.4, -0.2) is 54.8 Å². The Hall–Kier alpha value is -1.30. The first-order valence-corrected chi connectivity index (χ1v) is 8.63. The van der Waals surface area contributed by atoms with E-state index in [1.807, 2.05) is 18.7 Å². The van der Waals surface area contributed by atoms with Gasteiger partial charge in [0.25, 0.3) is 0 Å². The predicted molar refractivity (Wildman–Crippen MR) is 87.0 cm³/mol. The lowest BCUT2D eigenvalue weighted by molar-refractivity contribution is -0.138. The van der Waals surface area contributed by atoms with Gasteiger partial charge in [0.15, 0.2) is 0 Å². The largest absolute Gasteiger partial charge is 0.453 e. The van der Waals surface area contributed by atoms with Gasteiger partial charge in [-0.3, -0.25) is 4.79 Å². The fraction of sp³-hybridized carbons (Fsp3) is 0.882. The molecule has 2 heterocycles. The third kappa shape index (κ3) is 4.16. The molecule has 23 heavy (non-hydrogen) atoms. The number of nitrogens with one attached hydrogen (secondary N) is 1. The van der Waals surface area contributed by atoms with E-state index >= 15 is 0 Å². The lowest BCUT2D eigenvalue weighted by atomic mass is 9.85. The van der Waals surface area contributed by atoms with Crippen LogP contribution in [0.25, 0.3) is 0 Å². The van der Waals surface area contributed by atoms with Crippen LogP contribution >= 0.6 is 0 Å². The summed E-state index contributed by atoms with van der Waals surface area (Å²) in [6.45, 7) is 9.04. The van der Waals surface area contributed by atoms with Gasteiger partial charge in [0.1, 0.15) is 6.04 Å². The summed E-state index contributed by atoms with van der Waals surface area (Å²) in [4.78, 5) is 26.8. The van der Waals surface area contributed by atoms with Crippen molar-refractivity contribution in [2.75, 3.05) is 13.7 Å². The highest BCUT2D eigenvalue weighted by atomic mass is 16.5. The van der Waals surface area contributed by atoms with Gasteiger partial charge in [0.2, 0.25) is 5.91 Å². The van der Waals surface area contributed by atoms with Gasteiger partial charge in [-0.05, 0) is 51.9 Å². The Bertz CT molecular complexity index is 432. The number of carbonyl (C=O) groups excluding carboxylic acids is 2. The van der Waals surface area contributed by atoms with Gasteiger partial charge < -0.3 is 19.7 Å². The molecule has 0 spiro atoms. The zero-order chi connectivity index (χ0) is 17.1. The minimum absolute atomic E-state index is 0.0125. The number of carbonyl (C=O) groups is 2. The van der Waals surface area contributed by atoms with Gasteiger partial charge in [-0.2, -0.15) is 0 Å². The molecule has 6 nitrogen and oxygen atoms in total. The van der Waals surface area contributed by atoms with Crippen molar-refractivity contribution < 1.29 is 19.1 Å². The third-order valence-electron chi connectivity index (χ3n) is 5.35. The van der Waals surface area contributed by atoms with Crippen molar-refractivity contribution in [1.29, 1.82) is 0 Å². The maximum atomic E-state index is 13.1. The van der Waals surface area contributed by atoms with Crippen LogP contribution in [0.2, 0.25) is 0 Å². The molecule has 2 amide bonds. The second-order valence-corrected chi connectivity index (χ2v) is 7.14. The van der Waals surface area contributed by atoms with Crippen LogP contribution in [0.5, 0.6) is 0 Å². The standard InChI is InChI=1S/C17H30N2O4/c1-10-6-7-19(13(10)4)16(20)15(18-17(21)22-5)14-8-11(2)23-12(3)9-14/h10-15H,6-9H2,1-5H3,(H,18,21)/t10?,11-,12+,13-,14?,15?/m1/s1. The molecule has 0 aromatic heterocycles. The van der Waals surface area contributed by atoms with Crippen LogP contribution in [0.1, 0.15) is 47.0 Å². The van der Waals surface area contributed by atoms with E-state index < -0.39 is 12.1 Å². The molecule has 0 aromatic carbocycles. The average Bonchev–Trinajstić information content (AvgIpc) is 2.82. The molecule has 1 N–H and O–H groups in total. The van der Waals surface area contributed by atoms with Gasteiger partial charge in [-0.15, -0.1) is 0 Å². The highest BCUT2D eigenvalue weighted by molar-refractivity contribution is 5.86. The first-order valence-electron chi connectivity index (χ1n) is 8.63. The molecule has 6 atom stereocenters. The number of nitrogens with zero attached hydrogens (tertiary/aromatic N) is 1. The zero-order valence-corrected chi connectivity index (χ0v) is 14.9. The van der Waals surface area contributed by atoms with Crippen LogP contribution in [0.4, 0.5) is 4.79 Å². The predicted octanol–water partition coefficient (Wildman–Crippen LogP) is 2.17. The second-order valence-electron chi connectivity index (χ2n) is 7.14. The van der Waals surface area contributed by atoms with E-state index in [-0.39, 0.29) is 30.1 Å². The number of rotatable bonds is 3. The zero-order valence-electron chi connectivity index (χ0n) is 14.9. The minimum atomic E-state index is -0.546. The Labute approximate surface area is 138 Å². The maximum Gasteiger partial charge on any atom is 0.407 e. The molecule has 0 bridgehead atoms. The lowest BCUT2D eigenvalue weighted by Gasteiger charge is -2.38. The molecule has 2 saturated heterocycles. The minimum Gasteiger partial charge on any atom is -0.453 e. The van der Waals surface area contributed by atoms with Crippen molar-refractivity contribution in [1.82, 2.24) is 10.2 Å². The van der Waals surface area contributed by atoms with E-state index in [4.69, 9.17) is 9.47 Å². The van der Waals surface area contributed by atoms with E-state index in [2.05, 4.69) is 19.2 Å². The molecule has 0 aliphatic carbocycles. The smallest absolute Gasteiger partial charge is 0.407 e. The Balaban J connectivity index is 2.16. The Kier molecular flexibility index (Phi) is 5.89. The van der Waals surface area contributed by atoms with Gasteiger partial charge in [0.05, 0.1) is 19.3 Å². The quantitative estimate of drug-likeness (QED) is 0.863. The molecule has 6 heteroatoms. The molecule has 2 aliphatic heterocycles. The molecule has 0 radical (unpaired) electrons. The topological polar surface area (TPSA) is 67.9 Å². The molecule has 2 rings (SSSR count). The fourth-order valence-electron chi connectivity index (χ4n) is 3.88. The SMILES string of the molecule is COC(=O)NC(C(=O)N1CCC(C)[C@H]1C)C1C[C@@H](C)O[C@@H](C)C1. The molecule has 2 aliphatic rings. The van der Waals surface area contributed by atoms with Crippen LogP contribution in [-0.2, 0) is 14.3 Å². The van der Waals surface area contributed by atoms with E-state index in [0.717, 1.165) is 25.8 Å². The lowest BCUT2D eigenvalue weighted by Crippen LogP contribution is -2.55. The average molecular weight is 326 g/mol. The van der Waals surface area contributed by atoms with Crippen molar-refractivity contribution in [3.05, 3.63) is 0 Å². The summed E-state index contributed by atoms with van der Waals surface area (Å²) in [5.74, 6) is 0.576. The number of methoxy groups -OCH3 is 1. The maximum absolute atomic E-state index is 13.1. The third-order valence-corrected chi connectivity index (χ3v) is 5.35. The first-order chi connectivity index (χ1) is 10.8. The van der Waals surface area contributed by atoms with E-state index in [9.17, 15) is 9.59 Å². The molecule has 0 aromatic rings. The summed E-state index contributed by atoms with van der Waals surface area (Å²) >= 11 is 0. The van der Waals surface area contributed by atoms with Crippen molar-refractivity contribution in [3.8, 4) is 0 Å². The van der Waals surface area contributed by atoms with Crippen LogP contribution in [0.3, 0.4) is 0 Å². The summed E-state index contributed by atoms with van der Waals surface area (Å²) in [5, 5.41) is 2.78. The Morgan fingerprint density at radius 2 is 1.78 bits per heavy atom. The van der Waals surface area contributed by atoms with Crippen molar-refractivity contribution in [3.63, 3.8) is 0 Å². The highest BCUT2D eigenvalue weighted by Crippen LogP contribution is 2.31. The van der Waals surface area contributed by atoms with Crippen molar-refractivity contribution in [2.45, 2.75) is 71.2 Å². The van der Waals surface area contributed by atoms with E-state index in [0.29, 0.717) is 5.92 Å². The van der Waals surface area contributed by atoms with Gasteiger partial charge >= 0.3 is 6.09 Å². The molecule has 3 unspecified atom stereocenters. The summed E-state index contributed by atoms with van der Waals surface area (Å²) in [6, 6.07) is -0.330. The van der Waals surface area contributed by atoms with Crippen LogP contribution < -0.4 is 5.32 Å². The summed E-state index contributed by atoms with van der Waals surface area (Å²) < 4.78 is 10.5. The normalized spacial score (nSPS) is 35.7. The number of hydrogen-bond donors (Lipinski definition) is 1. The molecular weight excluding hydrogens is 296 g/mol. The highest BCUT2D eigenvalue weighted by Gasteiger charge is 2.41. The van der Waals surface area contributed by atoms with Crippen LogP contribution in [0.15, 0.2) is 0 Å². The summed E-state index contributed by atoms with van der Waals surface area (Å²) in [7, 11) is 1.33. The molecular formula is C17H30N2O4. The molecule has 132 valence electrons. The first kappa shape index (κ1) is 18.0.